The molecular formula is C38H44Cl4N4O4S2. The summed E-state index contributed by atoms with van der Waals surface area (Å²) in [6.45, 7) is 10.3. The predicted molar refractivity (Wildman–Crippen MR) is 213 cm³/mol. The minimum Gasteiger partial charge on any atom is -0.301 e. The van der Waals surface area contributed by atoms with Gasteiger partial charge in [-0.25, -0.2) is 26.3 Å². The molecular weight excluding hydrogens is 782 g/mol. The van der Waals surface area contributed by atoms with Gasteiger partial charge in [0, 0.05) is 70.2 Å². The SMILES string of the molecule is CC(C)NS(=O)(=O)c1ccc(C2CN(C)Cc3c(Cl)cc(Cl)cc32)cc1.CC(C)NS(=O)(=O)c1cccc(C2CN(C)Cc3c(Cl)cc(Cl)cc32)c1. The molecule has 0 saturated heterocycles. The quantitative estimate of drug-likeness (QED) is 0.185. The molecule has 2 atom stereocenters. The van der Waals surface area contributed by atoms with Gasteiger partial charge in [0.05, 0.1) is 9.79 Å². The first-order valence-corrected chi connectivity index (χ1v) is 21.4. The number of hydrogen-bond donors (Lipinski definition) is 2. The van der Waals surface area contributed by atoms with Crippen LogP contribution in [0, 0.1) is 0 Å². The van der Waals surface area contributed by atoms with Gasteiger partial charge in [0.2, 0.25) is 20.0 Å². The van der Waals surface area contributed by atoms with Crippen LogP contribution in [-0.4, -0.2) is 65.9 Å². The van der Waals surface area contributed by atoms with Crippen molar-refractivity contribution in [3.8, 4) is 0 Å². The highest BCUT2D eigenvalue weighted by Gasteiger charge is 2.29. The van der Waals surface area contributed by atoms with Crippen molar-refractivity contribution in [3.63, 3.8) is 0 Å². The molecule has 52 heavy (non-hydrogen) atoms. The zero-order valence-corrected chi connectivity index (χ0v) is 34.6. The first-order chi connectivity index (χ1) is 24.3. The van der Waals surface area contributed by atoms with Crippen molar-refractivity contribution in [2.24, 2.45) is 0 Å². The molecule has 0 saturated carbocycles. The van der Waals surface area contributed by atoms with Crippen LogP contribution in [-0.2, 0) is 33.1 Å². The predicted octanol–water partition coefficient (Wildman–Crippen LogP) is 8.51. The summed E-state index contributed by atoms with van der Waals surface area (Å²) < 4.78 is 54.9. The second-order valence-electron chi connectivity index (χ2n) is 14.1. The number of nitrogens with one attached hydrogen (secondary N) is 2. The maximum absolute atomic E-state index is 12.5. The van der Waals surface area contributed by atoms with E-state index in [2.05, 4.69) is 19.2 Å². The Morgan fingerprint density at radius 1 is 0.596 bits per heavy atom. The van der Waals surface area contributed by atoms with Crippen molar-refractivity contribution in [3.05, 3.63) is 126 Å². The van der Waals surface area contributed by atoms with Crippen LogP contribution in [0.3, 0.4) is 0 Å². The molecule has 0 bridgehead atoms. The third-order valence-corrected chi connectivity index (χ3v) is 13.4. The Kier molecular flexibility index (Phi) is 13.1. The molecule has 280 valence electrons. The van der Waals surface area contributed by atoms with Crippen molar-refractivity contribution in [2.75, 3.05) is 27.2 Å². The fraction of sp³-hybridized carbons (Fsp3) is 0.368. The molecule has 0 fully saturated rings. The summed E-state index contributed by atoms with van der Waals surface area (Å²) in [6, 6.07) is 21.3. The van der Waals surface area contributed by atoms with E-state index in [0.717, 1.165) is 59.6 Å². The number of nitrogens with zero attached hydrogens (tertiary/aromatic N) is 2. The first kappa shape index (κ1) is 41.0. The zero-order chi connectivity index (χ0) is 38.1. The summed E-state index contributed by atoms with van der Waals surface area (Å²) in [5, 5.41) is 2.52. The number of rotatable bonds is 8. The van der Waals surface area contributed by atoms with E-state index >= 15 is 0 Å². The fourth-order valence-corrected chi connectivity index (χ4v) is 10.5. The maximum atomic E-state index is 12.5. The number of fused-ring (bicyclic) bond motifs is 2. The number of halogens is 4. The lowest BCUT2D eigenvalue weighted by atomic mass is 9.85. The highest BCUT2D eigenvalue weighted by atomic mass is 35.5. The fourth-order valence-electron chi connectivity index (χ4n) is 6.80. The summed E-state index contributed by atoms with van der Waals surface area (Å²) in [5.74, 6) is 0.101. The lowest BCUT2D eigenvalue weighted by Crippen LogP contribution is -2.32. The Balaban J connectivity index is 0.000000201. The number of hydrogen-bond acceptors (Lipinski definition) is 6. The van der Waals surface area contributed by atoms with Crippen molar-refractivity contribution < 1.29 is 16.8 Å². The summed E-state index contributed by atoms with van der Waals surface area (Å²) in [4.78, 5) is 4.92. The lowest BCUT2D eigenvalue weighted by Gasteiger charge is -2.33. The third-order valence-electron chi connectivity index (χ3n) is 8.93. The number of likely N-dealkylation sites (N-methyl/N-ethyl adjacent to an activating group) is 2. The van der Waals surface area contributed by atoms with Crippen molar-refractivity contribution >= 4 is 66.5 Å². The summed E-state index contributed by atoms with van der Waals surface area (Å²) in [6.07, 6.45) is 0. The average Bonchev–Trinajstić information content (AvgIpc) is 3.04. The highest BCUT2D eigenvalue weighted by molar-refractivity contribution is 7.89. The Hall–Kier alpha value is -2.22. The summed E-state index contributed by atoms with van der Waals surface area (Å²) >= 11 is 25.3. The summed E-state index contributed by atoms with van der Waals surface area (Å²) in [5.41, 5.74) is 6.27. The Morgan fingerprint density at radius 2 is 1.04 bits per heavy atom. The van der Waals surface area contributed by atoms with E-state index in [-0.39, 0.29) is 33.7 Å². The number of sulfonamides is 2. The molecule has 0 aliphatic carbocycles. The standard InChI is InChI=1S/2C19H22Cl2N2O2S/c1-12(2)22-26(24,25)15-6-4-13(5-7-15)17-10-23(3)11-18-16(17)8-14(20)9-19(18)21;1-12(2)22-26(24,25)15-6-4-5-13(7-15)17-10-23(3)11-18-16(17)8-14(20)9-19(18)21/h2*4-9,12,17,22H,10-11H2,1-3H3. The molecule has 0 amide bonds. The molecule has 0 aromatic heterocycles. The van der Waals surface area contributed by atoms with E-state index in [1.807, 2.05) is 44.4 Å². The lowest BCUT2D eigenvalue weighted by molar-refractivity contribution is 0.295. The normalized spacial score (nSPS) is 18.2. The topological polar surface area (TPSA) is 98.8 Å². The first-order valence-electron chi connectivity index (χ1n) is 16.9. The van der Waals surface area contributed by atoms with Crippen LogP contribution in [0.2, 0.25) is 20.1 Å². The smallest absolute Gasteiger partial charge is 0.240 e. The van der Waals surface area contributed by atoms with Crippen LogP contribution < -0.4 is 9.44 Å². The molecule has 4 aromatic carbocycles. The Bertz CT molecular complexity index is 2150. The van der Waals surface area contributed by atoms with Crippen LogP contribution in [0.4, 0.5) is 0 Å². The minimum atomic E-state index is -3.54. The molecule has 6 rings (SSSR count). The maximum Gasteiger partial charge on any atom is 0.240 e. The molecule has 14 heteroatoms. The van der Waals surface area contributed by atoms with Gasteiger partial charge < -0.3 is 9.80 Å². The largest absolute Gasteiger partial charge is 0.301 e. The van der Waals surface area contributed by atoms with Gasteiger partial charge in [-0.3, -0.25) is 0 Å². The molecule has 0 radical (unpaired) electrons. The van der Waals surface area contributed by atoms with Gasteiger partial charge in [0.15, 0.2) is 0 Å². The van der Waals surface area contributed by atoms with Gasteiger partial charge >= 0.3 is 0 Å². The average molecular weight is 827 g/mol. The Labute approximate surface area is 328 Å². The van der Waals surface area contributed by atoms with E-state index in [4.69, 9.17) is 46.4 Å². The zero-order valence-electron chi connectivity index (χ0n) is 29.9. The van der Waals surface area contributed by atoms with Gasteiger partial charge in [-0.05, 0) is 124 Å². The third kappa shape index (κ3) is 9.71. The van der Waals surface area contributed by atoms with Crippen LogP contribution >= 0.6 is 46.4 Å². The molecule has 2 N–H and O–H groups in total. The second kappa shape index (κ2) is 16.7. The van der Waals surface area contributed by atoms with Gasteiger partial charge in [-0.15, -0.1) is 0 Å². The van der Waals surface area contributed by atoms with Crippen molar-refractivity contribution in [1.29, 1.82) is 0 Å². The van der Waals surface area contributed by atoms with Crippen LogP contribution in [0.25, 0.3) is 0 Å². The van der Waals surface area contributed by atoms with E-state index in [1.165, 1.54) is 0 Å². The van der Waals surface area contributed by atoms with Gasteiger partial charge in [-0.1, -0.05) is 70.7 Å². The van der Waals surface area contributed by atoms with Gasteiger partial charge in [0.1, 0.15) is 0 Å². The van der Waals surface area contributed by atoms with Crippen molar-refractivity contribution in [2.45, 2.75) is 74.5 Å². The summed E-state index contributed by atoms with van der Waals surface area (Å²) in [7, 11) is -2.96. The highest BCUT2D eigenvalue weighted by Crippen LogP contribution is 2.40. The molecule has 2 unspecified atom stereocenters. The number of benzene rings is 4. The molecule has 4 aromatic rings. The molecule has 2 heterocycles. The Morgan fingerprint density at radius 3 is 1.50 bits per heavy atom. The van der Waals surface area contributed by atoms with E-state index in [9.17, 15) is 16.8 Å². The van der Waals surface area contributed by atoms with Crippen LogP contribution in [0.15, 0.2) is 82.6 Å². The van der Waals surface area contributed by atoms with Gasteiger partial charge in [-0.2, -0.15) is 0 Å². The van der Waals surface area contributed by atoms with Crippen LogP contribution in [0.5, 0.6) is 0 Å². The molecule has 2 aliphatic heterocycles. The van der Waals surface area contributed by atoms with E-state index in [0.29, 0.717) is 20.1 Å². The van der Waals surface area contributed by atoms with E-state index in [1.54, 1.807) is 70.2 Å². The van der Waals surface area contributed by atoms with E-state index < -0.39 is 20.0 Å². The molecule has 2 aliphatic rings. The van der Waals surface area contributed by atoms with Gasteiger partial charge in [0.25, 0.3) is 0 Å². The minimum absolute atomic E-state index is 0.00847. The monoisotopic (exact) mass is 824 g/mol. The van der Waals surface area contributed by atoms with Crippen molar-refractivity contribution in [1.82, 2.24) is 19.2 Å². The van der Waals surface area contributed by atoms with Crippen LogP contribution in [0.1, 0.15) is 72.9 Å². The molecule has 0 spiro atoms. The molecule has 8 nitrogen and oxygen atoms in total. The second-order valence-corrected chi connectivity index (χ2v) is 19.2.